The molecular weight excluding hydrogens is 297 g/mol. The quantitative estimate of drug-likeness (QED) is 0.728. The number of halogens is 2. The predicted octanol–water partition coefficient (Wildman–Crippen LogP) is 4.14. The number of hydrogen-bond donors (Lipinski definition) is 1. The Kier molecular flexibility index (Phi) is 7.28. The minimum Gasteiger partial charge on any atom is -0.491 e. The average molecular weight is 318 g/mol. The summed E-state index contributed by atoms with van der Waals surface area (Å²) in [5.74, 6) is 0.298. The van der Waals surface area contributed by atoms with Gasteiger partial charge in [-0.2, -0.15) is 0 Å². The van der Waals surface area contributed by atoms with E-state index in [1.807, 2.05) is 6.92 Å². The molecule has 0 aromatic heterocycles. The van der Waals surface area contributed by atoms with Gasteiger partial charge in [-0.1, -0.05) is 22.9 Å². The molecule has 2 nitrogen and oxygen atoms in total. The minimum absolute atomic E-state index is 0.0992. The van der Waals surface area contributed by atoms with Crippen molar-refractivity contribution in [3.8, 4) is 5.75 Å². The maximum atomic E-state index is 13.1. The van der Waals surface area contributed by atoms with Crippen molar-refractivity contribution in [2.75, 3.05) is 13.1 Å². The van der Waals surface area contributed by atoms with Gasteiger partial charge in [0.15, 0.2) is 0 Å². The van der Waals surface area contributed by atoms with Crippen LogP contribution in [0.4, 0.5) is 4.39 Å². The van der Waals surface area contributed by atoms with E-state index in [-0.39, 0.29) is 11.9 Å². The fourth-order valence-electron chi connectivity index (χ4n) is 1.70. The van der Waals surface area contributed by atoms with Crippen LogP contribution in [0.1, 0.15) is 33.1 Å². The molecule has 1 rings (SSSR count). The van der Waals surface area contributed by atoms with E-state index in [9.17, 15) is 4.39 Å². The molecule has 0 spiro atoms. The Hall–Kier alpha value is -0.610. The Bertz CT molecular complexity index is 339. The van der Waals surface area contributed by atoms with E-state index in [0.717, 1.165) is 32.4 Å². The van der Waals surface area contributed by atoms with E-state index in [2.05, 4.69) is 28.2 Å². The lowest BCUT2D eigenvalue weighted by Crippen LogP contribution is -2.19. The molecule has 4 heteroatoms. The van der Waals surface area contributed by atoms with Crippen LogP contribution in [0.15, 0.2) is 22.7 Å². The summed E-state index contributed by atoms with van der Waals surface area (Å²) < 4.78 is 19.5. The Morgan fingerprint density at radius 1 is 1.33 bits per heavy atom. The van der Waals surface area contributed by atoms with Crippen LogP contribution in [0.3, 0.4) is 0 Å². The number of hydrogen-bond acceptors (Lipinski definition) is 2. The molecule has 0 aliphatic carbocycles. The van der Waals surface area contributed by atoms with Crippen LogP contribution in [0.5, 0.6) is 5.75 Å². The first-order chi connectivity index (χ1) is 8.61. The molecule has 0 aliphatic heterocycles. The molecule has 102 valence electrons. The second-order valence-electron chi connectivity index (χ2n) is 4.43. The van der Waals surface area contributed by atoms with Crippen LogP contribution in [0.2, 0.25) is 0 Å². The van der Waals surface area contributed by atoms with Crippen LogP contribution < -0.4 is 10.1 Å². The fraction of sp³-hybridized carbons (Fsp3) is 0.571. The first kappa shape index (κ1) is 15.4. The Balaban J connectivity index is 2.28. The molecule has 0 fully saturated rings. The van der Waals surface area contributed by atoms with Gasteiger partial charge in [-0.15, -0.1) is 0 Å². The zero-order valence-electron chi connectivity index (χ0n) is 11.0. The Morgan fingerprint density at radius 3 is 2.78 bits per heavy atom. The van der Waals surface area contributed by atoms with Gasteiger partial charge < -0.3 is 10.1 Å². The van der Waals surface area contributed by atoms with Crippen molar-refractivity contribution in [2.45, 2.75) is 39.2 Å². The van der Waals surface area contributed by atoms with Gasteiger partial charge in [0.05, 0.1) is 6.10 Å². The molecule has 1 aromatic rings. The van der Waals surface area contributed by atoms with Crippen molar-refractivity contribution in [1.29, 1.82) is 0 Å². The number of ether oxygens (including phenoxy) is 1. The molecule has 1 unspecified atom stereocenters. The summed E-state index contributed by atoms with van der Waals surface area (Å²) in [4.78, 5) is 0. The zero-order chi connectivity index (χ0) is 13.4. The monoisotopic (exact) mass is 317 g/mol. The molecule has 18 heavy (non-hydrogen) atoms. The summed E-state index contributed by atoms with van der Waals surface area (Å²) in [6.45, 7) is 6.24. The van der Waals surface area contributed by atoms with Crippen molar-refractivity contribution in [3.05, 3.63) is 28.5 Å². The molecule has 0 aliphatic rings. The highest BCUT2D eigenvalue weighted by molar-refractivity contribution is 9.10. The smallest absolute Gasteiger partial charge is 0.128 e. The van der Waals surface area contributed by atoms with E-state index >= 15 is 0 Å². The molecule has 1 N–H and O–H groups in total. The van der Waals surface area contributed by atoms with Crippen LogP contribution in [-0.2, 0) is 0 Å². The normalized spacial score (nSPS) is 12.4. The third kappa shape index (κ3) is 6.36. The van der Waals surface area contributed by atoms with Crippen LogP contribution in [-0.4, -0.2) is 19.2 Å². The maximum absolute atomic E-state index is 13.1. The SMILES string of the molecule is CCCNCCCC(C)Oc1cc(F)cc(Br)c1. The lowest BCUT2D eigenvalue weighted by molar-refractivity contribution is 0.206. The van der Waals surface area contributed by atoms with E-state index in [0.29, 0.717) is 10.2 Å². The number of benzene rings is 1. The molecule has 0 bridgehead atoms. The van der Waals surface area contributed by atoms with E-state index in [4.69, 9.17) is 4.74 Å². The van der Waals surface area contributed by atoms with Crippen molar-refractivity contribution in [1.82, 2.24) is 5.32 Å². The van der Waals surface area contributed by atoms with Crippen molar-refractivity contribution in [2.24, 2.45) is 0 Å². The first-order valence-corrected chi connectivity index (χ1v) is 7.24. The Morgan fingerprint density at radius 2 is 2.11 bits per heavy atom. The van der Waals surface area contributed by atoms with Crippen molar-refractivity contribution < 1.29 is 9.13 Å². The second-order valence-corrected chi connectivity index (χ2v) is 5.34. The molecule has 0 amide bonds. The lowest BCUT2D eigenvalue weighted by atomic mass is 10.2. The summed E-state index contributed by atoms with van der Waals surface area (Å²) in [6.07, 6.45) is 3.29. The summed E-state index contributed by atoms with van der Waals surface area (Å²) in [7, 11) is 0. The maximum Gasteiger partial charge on any atom is 0.128 e. The summed E-state index contributed by atoms with van der Waals surface area (Å²) >= 11 is 3.25. The molecule has 0 radical (unpaired) electrons. The van der Waals surface area contributed by atoms with E-state index in [1.165, 1.54) is 12.1 Å². The third-order valence-electron chi connectivity index (χ3n) is 2.56. The molecule has 0 heterocycles. The van der Waals surface area contributed by atoms with Gasteiger partial charge >= 0.3 is 0 Å². The first-order valence-electron chi connectivity index (χ1n) is 6.45. The highest BCUT2D eigenvalue weighted by Crippen LogP contribution is 2.22. The molecule has 0 saturated heterocycles. The largest absolute Gasteiger partial charge is 0.491 e. The second kappa shape index (κ2) is 8.48. The van der Waals surface area contributed by atoms with Gasteiger partial charge in [0.25, 0.3) is 0 Å². The van der Waals surface area contributed by atoms with Crippen LogP contribution in [0, 0.1) is 5.82 Å². The van der Waals surface area contributed by atoms with Gasteiger partial charge in [0, 0.05) is 10.5 Å². The van der Waals surface area contributed by atoms with Crippen molar-refractivity contribution in [3.63, 3.8) is 0 Å². The summed E-state index contributed by atoms with van der Waals surface area (Å²) in [5.41, 5.74) is 0. The predicted molar refractivity (Wildman–Crippen MR) is 76.6 cm³/mol. The van der Waals surface area contributed by atoms with E-state index < -0.39 is 0 Å². The van der Waals surface area contributed by atoms with Crippen LogP contribution >= 0.6 is 15.9 Å². The molecule has 0 saturated carbocycles. The Labute approximate surface area is 117 Å². The van der Waals surface area contributed by atoms with E-state index in [1.54, 1.807) is 6.07 Å². The average Bonchev–Trinajstić information content (AvgIpc) is 2.27. The molecular formula is C14H21BrFNO. The van der Waals surface area contributed by atoms with Gasteiger partial charge in [0.1, 0.15) is 11.6 Å². The topological polar surface area (TPSA) is 21.3 Å². The fourth-order valence-corrected chi connectivity index (χ4v) is 2.15. The summed E-state index contributed by atoms with van der Waals surface area (Å²) in [6, 6.07) is 4.62. The van der Waals surface area contributed by atoms with Crippen LogP contribution in [0.25, 0.3) is 0 Å². The van der Waals surface area contributed by atoms with Crippen molar-refractivity contribution >= 4 is 15.9 Å². The zero-order valence-corrected chi connectivity index (χ0v) is 12.6. The summed E-state index contributed by atoms with van der Waals surface area (Å²) in [5, 5.41) is 3.35. The van der Waals surface area contributed by atoms with Gasteiger partial charge in [0.2, 0.25) is 0 Å². The third-order valence-corrected chi connectivity index (χ3v) is 3.02. The minimum atomic E-state index is -0.281. The highest BCUT2D eigenvalue weighted by atomic mass is 79.9. The standard InChI is InChI=1S/C14H21BrFNO/c1-3-6-17-7-4-5-11(2)18-14-9-12(15)8-13(16)10-14/h8-11,17H,3-7H2,1-2H3. The van der Waals surface area contributed by atoms with Gasteiger partial charge in [-0.25, -0.2) is 4.39 Å². The number of nitrogens with one attached hydrogen (secondary N) is 1. The van der Waals surface area contributed by atoms with Gasteiger partial charge in [-0.3, -0.25) is 0 Å². The van der Waals surface area contributed by atoms with Gasteiger partial charge in [-0.05, 0) is 51.4 Å². The number of rotatable bonds is 8. The highest BCUT2D eigenvalue weighted by Gasteiger charge is 2.06. The molecule has 1 atom stereocenters. The lowest BCUT2D eigenvalue weighted by Gasteiger charge is -2.15. The molecule has 1 aromatic carbocycles.